The van der Waals surface area contributed by atoms with Crippen LogP contribution in [-0.4, -0.2) is 55.8 Å². The molecule has 0 atom stereocenters. The standard InChI is InChI=1S/C23H28N8O4/c32-30(33)20(22-26-7-1-13-28(22)16-18-3-9-24-10-4-18)15-21(31(34)35)23-27-8-2-14-29(23)17-19-5-11-25-12-6-19/h3-6,9-12,26-27H,1-2,7-8,13-17H2/b22-20-,23-21+. The van der Waals surface area contributed by atoms with Crippen LogP contribution in [0.25, 0.3) is 0 Å². The molecule has 2 aromatic heterocycles. The van der Waals surface area contributed by atoms with E-state index in [1.54, 1.807) is 24.8 Å². The van der Waals surface area contributed by atoms with E-state index in [0.717, 1.165) is 24.0 Å². The van der Waals surface area contributed by atoms with Crippen molar-refractivity contribution < 1.29 is 9.85 Å². The Morgan fingerprint density at radius 2 is 1.17 bits per heavy atom. The third-order valence-electron chi connectivity index (χ3n) is 5.99. The van der Waals surface area contributed by atoms with Crippen LogP contribution < -0.4 is 10.6 Å². The fourth-order valence-corrected chi connectivity index (χ4v) is 4.33. The number of hydrogen-bond donors (Lipinski definition) is 2. The van der Waals surface area contributed by atoms with Gasteiger partial charge in [0, 0.05) is 64.1 Å². The van der Waals surface area contributed by atoms with E-state index in [1.807, 2.05) is 34.1 Å². The number of nitrogens with one attached hydrogen (secondary N) is 2. The third-order valence-corrected chi connectivity index (χ3v) is 5.99. The molecule has 0 saturated carbocycles. The van der Waals surface area contributed by atoms with Gasteiger partial charge in [0.15, 0.2) is 11.6 Å². The van der Waals surface area contributed by atoms with Gasteiger partial charge in [-0.15, -0.1) is 0 Å². The van der Waals surface area contributed by atoms with E-state index in [1.165, 1.54) is 0 Å². The van der Waals surface area contributed by atoms with Crippen LogP contribution in [-0.2, 0) is 13.1 Å². The highest BCUT2D eigenvalue weighted by Gasteiger charge is 2.35. The lowest BCUT2D eigenvalue weighted by Gasteiger charge is -2.33. The zero-order valence-corrected chi connectivity index (χ0v) is 19.3. The maximum atomic E-state index is 12.2. The average molecular weight is 481 g/mol. The van der Waals surface area contributed by atoms with Crippen molar-refractivity contribution in [3.8, 4) is 0 Å². The number of rotatable bonds is 8. The van der Waals surface area contributed by atoms with Gasteiger partial charge in [0.05, 0.1) is 9.85 Å². The first-order valence-corrected chi connectivity index (χ1v) is 11.5. The summed E-state index contributed by atoms with van der Waals surface area (Å²) in [4.78, 5) is 35.2. The molecular weight excluding hydrogens is 452 g/mol. The summed E-state index contributed by atoms with van der Waals surface area (Å²) in [6.45, 7) is 3.24. The summed E-state index contributed by atoms with van der Waals surface area (Å²) in [5, 5.41) is 30.7. The van der Waals surface area contributed by atoms with E-state index in [4.69, 9.17) is 0 Å². The second-order valence-electron chi connectivity index (χ2n) is 8.40. The Morgan fingerprint density at radius 1 is 0.771 bits per heavy atom. The maximum Gasteiger partial charge on any atom is 0.296 e. The van der Waals surface area contributed by atoms with Crippen LogP contribution in [0, 0.1) is 20.2 Å². The van der Waals surface area contributed by atoms with Gasteiger partial charge in [0.1, 0.15) is 6.42 Å². The second-order valence-corrected chi connectivity index (χ2v) is 8.40. The molecular formula is C23H28N8O4. The Morgan fingerprint density at radius 3 is 1.54 bits per heavy atom. The van der Waals surface area contributed by atoms with Gasteiger partial charge in [0.2, 0.25) is 0 Å². The summed E-state index contributed by atoms with van der Waals surface area (Å²) >= 11 is 0. The van der Waals surface area contributed by atoms with Crippen molar-refractivity contribution in [2.45, 2.75) is 32.4 Å². The molecule has 184 valence electrons. The summed E-state index contributed by atoms with van der Waals surface area (Å²) in [6.07, 6.45) is 7.90. The molecule has 4 rings (SSSR count). The Balaban J connectivity index is 1.68. The zero-order valence-electron chi connectivity index (χ0n) is 19.3. The fraction of sp³-hybridized carbons (Fsp3) is 0.391. The minimum Gasteiger partial charge on any atom is -0.366 e. The van der Waals surface area contributed by atoms with E-state index >= 15 is 0 Å². The Labute approximate surface area is 202 Å². The van der Waals surface area contributed by atoms with Crippen LogP contribution in [0.3, 0.4) is 0 Å². The smallest absolute Gasteiger partial charge is 0.296 e. The largest absolute Gasteiger partial charge is 0.366 e. The first-order valence-electron chi connectivity index (χ1n) is 11.5. The van der Waals surface area contributed by atoms with Crippen molar-refractivity contribution in [2.75, 3.05) is 26.2 Å². The lowest BCUT2D eigenvalue weighted by atomic mass is 10.1. The maximum absolute atomic E-state index is 12.2. The highest BCUT2D eigenvalue weighted by atomic mass is 16.6. The van der Waals surface area contributed by atoms with E-state index < -0.39 is 16.3 Å². The number of aromatic nitrogens is 2. The van der Waals surface area contributed by atoms with Crippen LogP contribution in [0.1, 0.15) is 30.4 Å². The molecule has 0 radical (unpaired) electrons. The van der Waals surface area contributed by atoms with E-state index in [9.17, 15) is 20.2 Å². The van der Waals surface area contributed by atoms with Crippen LogP contribution in [0.4, 0.5) is 0 Å². The van der Waals surface area contributed by atoms with Gasteiger partial charge in [-0.2, -0.15) is 0 Å². The summed E-state index contributed by atoms with van der Waals surface area (Å²) in [5.41, 5.74) is 1.48. The molecule has 12 nitrogen and oxygen atoms in total. The molecule has 2 aliphatic heterocycles. The highest BCUT2D eigenvalue weighted by Crippen LogP contribution is 2.26. The molecule has 0 aromatic carbocycles. The summed E-state index contributed by atoms with van der Waals surface area (Å²) < 4.78 is 0. The van der Waals surface area contributed by atoms with Crippen LogP contribution in [0.15, 0.2) is 72.1 Å². The Hall–Kier alpha value is -4.22. The number of nitro groups is 2. The monoisotopic (exact) mass is 480 g/mol. The SMILES string of the molecule is O=[N+]([O-])/C(C/C(=C1/NCCCN1Cc1ccncc1)[N+](=O)[O-])=C1/NCCCN1Cc1ccncc1. The van der Waals surface area contributed by atoms with Gasteiger partial charge < -0.3 is 20.4 Å². The molecule has 2 saturated heterocycles. The van der Waals surface area contributed by atoms with Gasteiger partial charge in [-0.05, 0) is 48.2 Å². The number of pyridine rings is 2. The zero-order chi connectivity index (χ0) is 24.6. The molecule has 2 N–H and O–H groups in total. The summed E-state index contributed by atoms with van der Waals surface area (Å²) in [5.74, 6) is 0.656. The van der Waals surface area contributed by atoms with Gasteiger partial charge in [-0.25, -0.2) is 0 Å². The van der Waals surface area contributed by atoms with Crippen LogP contribution in [0.2, 0.25) is 0 Å². The van der Waals surface area contributed by atoms with Crippen molar-refractivity contribution in [2.24, 2.45) is 0 Å². The quantitative estimate of drug-likeness (QED) is 0.426. The molecule has 2 aliphatic rings. The number of nitrogens with zero attached hydrogens (tertiary/aromatic N) is 6. The van der Waals surface area contributed by atoms with Crippen molar-refractivity contribution >= 4 is 0 Å². The van der Waals surface area contributed by atoms with Crippen LogP contribution >= 0.6 is 0 Å². The molecule has 4 heterocycles. The van der Waals surface area contributed by atoms with Gasteiger partial charge in [-0.3, -0.25) is 30.2 Å². The van der Waals surface area contributed by atoms with Crippen molar-refractivity contribution in [1.29, 1.82) is 0 Å². The lowest BCUT2D eigenvalue weighted by Crippen LogP contribution is -2.42. The molecule has 35 heavy (non-hydrogen) atoms. The van der Waals surface area contributed by atoms with Crippen molar-refractivity contribution in [3.63, 3.8) is 0 Å². The third kappa shape index (κ3) is 6.02. The predicted molar refractivity (Wildman–Crippen MR) is 127 cm³/mol. The predicted octanol–water partition coefficient (Wildman–Crippen LogP) is 2.05. The van der Waals surface area contributed by atoms with Gasteiger partial charge in [-0.1, -0.05) is 0 Å². The van der Waals surface area contributed by atoms with E-state index in [0.29, 0.717) is 50.9 Å². The van der Waals surface area contributed by atoms with Gasteiger partial charge >= 0.3 is 0 Å². The topological polar surface area (TPSA) is 143 Å². The molecule has 0 amide bonds. The number of hydrogen-bond acceptors (Lipinski definition) is 10. The normalized spacial score (nSPS) is 18.9. The first kappa shape index (κ1) is 23.9. The minimum absolute atomic E-state index is 0.214. The Kier molecular flexibility index (Phi) is 7.70. The Bertz CT molecular complexity index is 1020. The summed E-state index contributed by atoms with van der Waals surface area (Å²) in [6, 6.07) is 7.41. The molecule has 2 aromatic rings. The van der Waals surface area contributed by atoms with Crippen molar-refractivity contribution in [1.82, 2.24) is 30.4 Å². The minimum atomic E-state index is -0.507. The summed E-state index contributed by atoms with van der Waals surface area (Å²) in [7, 11) is 0. The highest BCUT2D eigenvalue weighted by molar-refractivity contribution is 5.20. The second kappa shape index (κ2) is 11.3. The lowest BCUT2D eigenvalue weighted by molar-refractivity contribution is -0.453. The van der Waals surface area contributed by atoms with E-state index in [-0.39, 0.29) is 11.4 Å². The van der Waals surface area contributed by atoms with Gasteiger partial charge in [0.25, 0.3) is 11.4 Å². The molecule has 0 aliphatic carbocycles. The molecule has 0 spiro atoms. The van der Waals surface area contributed by atoms with Crippen molar-refractivity contribution in [3.05, 3.63) is 103 Å². The average Bonchev–Trinajstić information content (AvgIpc) is 2.87. The molecule has 12 heteroatoms. The molecule has 2 fully saturated rings. The fourth-order valence-electron chi connectivity index (χ4n) is 4.33. The first-order chi connectivity index (χ1) is 17.0. The molecule has 0 unspecified atom stereocenters. The molecule has 0 bridgehead atoms. The van der Waals surface area contributed by atoms with Crippen LogP contribution in [0.5, 0.6) is 0 Å². The van der Waals surface area contributed by atoms with E-state index in [2.05, 4.69) is 20.6 Å².